The van der Waals surface area contributed by atoms with Crippen molar-refractivity contribution in [2.24, 2.45) is 0 Å². The van der Waals surface area contributed by atoms with Gasteiger partial charge in [0.1, 0.15) is 12.0 Å². The lowest BCUT2D eigenvalue weighted by Gasteiger charge is -2.09. The van der Waals surface area contributed by atoms with E-state index in [1.165, 1.54) is 6.33 Å². The minimum absolute atomic E-state index is 0.240. The lowest BCUT2D eigenvalue weighted by molar-refractivity contribution is 1.17. The number of nitrogens with one attached hydrogen (secondary N) is 1. The number of anilines is 3. The average molecular weight is 300 g/mol. The van der Waals surface area contributed by atoms with Gasteiger partial charge in [-0.25, -0.2) is 9.97 Å². The van der Waals surface area contributed by atoms with Gasteiger partial charge >= 0.3 is 0 Å². The molecule has 0 aliphatic rings. The standard InChI is InChI=1S/C10H8BrClN4/c11-6-3-1-2-4-7(6)16-10-8(13)9(12)14-5-15-10/h1-5H,13H2,(H,14,15,16). The van der Waals surface area contributed by atoms with Gasteiger partial charge in [-0.05, 0) is 28.1 Å². The summed E-state index contributed by atoms with van der Waals surface area (Å²) < 4.78 is 0.920. The molecule has 0 atom stereocenters. The van der Waals surface area contributed by atoms with Gasteiger partial charge in [-0.1, -0.05) is 23.7 Å². The first kappa shape index (κ1) is 11.2. The molecule has 0 radical (unpaired) electrons. The van der Waals surface area contributed by atoms with Gasteiger partial charge in [0, 0.05) is 4.47 Å². The quantitative estimate of drug-likeness (QED) is 0.836. The van der Waals surface area contributed by atoms with Crippen LogP contribution < -0.4 is 11.1 Å². The largest absolute Gasteiger partial charge is 0.393 e. The molecule has 16 heavy (non-hydrogen) atoms. The molecule has 2 aromatic rings. The first-order chi connectivity index (χ1) is 7.68. The van der Waals surface area contributed by atoms with E-state index >= 15 is 0 Å². The molecule has 4 nitrogen and oxygen atoms in total. The summed E-state index contributed by atoms with van der Waals surface area (Å²) in [4.78, 5) is 7.80. The fraction of sp³-hybridized carbons (Fsp3) is 0. The fourth-order valence-corrected chi connectivity index (χ4v) is 1.68. The van der Waals surface area contributed by atoms with Crippen LogP contribution in [0.4, 0.5) is 17.2 Å². The maximum atomic E-state index is 5.79. The van der Waals surface area contributed by atoms with Crippen molar-refractivity contribution in [3.05, 3.63) is 40.2 Å². The van der Waals surface area contributed by atoms with E-state index in [2.05, 4.69) is 31.2 Å². The molecule has 0 amide bonds. The zero-order chi connectivity index (χ0) is 11.5. The molecule has 0 saturated heterocycles. The minimum atomic E-state index is 0.240. The Labute approximate surface area is 106 Å². The summed E-state index contributed by atoms with van der Waals surface area (Å²) in [5.41, 5.74) is 6.94. The maximum Gasteiger partial charge on any atom is 0.158 e. The molecule has 0 aliphatic carbocycles. The van der Waals surface area contributed by atoms with Gasteiger partial charge in [-0.3, -0.25) is 0 Å². The predicted octanol–water partition coefficient (Wildman–Crippen LogP) is 3.22. The lowest BCUT2D eigenvalue weighted by atomic mass is 10.3. The minimum Gasteiger partial charge on any atom is -0.393 e. The van der Waals surface area contributed by atoms with E-state index in [1.807, 2.05) is 24.3 Å². The van der Waals surface area contributed by atoms with Crippen molar-refractivity contribution in [3.8, 4) is 0 Å². The van der Waals surface area contributed by atoms with Crippen LogP contribution in [0.2, 0.25) is 5.15 Å². The van der Waals surface area contributed by atoms with Crippen molar-refractivity contribution < 1.29 is 0 Å². The molecule has 2 rings (SSSR count). The summed E-state index contributed by atoms with van der Waals surface area (Å²) in [6.45, 7) is 0. The number of nitrogen functional groups attached to an aromatic ring is 1. The van der Waals surface area contributed by atoms with Crippen LogP contribution in [0.15, 0.2) is 35.1 Å². The normalized spacial score (nSPS) is 10.1. The molecule has 3 N–H and O–H groups in total. The molecular weight excluding hydrogens is 291 g/mol. The predicted molar refractivity (Wildman–Crippen MR) is 68.9 cm³/mol. The van der Waals surface area contributed by atoms with Crippen LogP contribution in [-0.2, 0) is 0 Å². The third-order valence-electron chi connectivity index (χ3n) is 1.96. The zero-order valence-corrected chi connectivity index (χ0v) is 10.5. The Kier molecular flexibility index (Phi) is 3.26. The third-order valence-corrected chi connectivity index (χ3v) is 2.95. The summed E-state index contributed by atoms with van der Waals surface area (Å²) in [5.74, 6) is 0.493. The van der Waals surface area contributed by atoms with Gasteiger partial charge in [0.05, 0.1) is 5.69 Å². The molecule has 0 aliphatic heterocycles. The molecule has 1 aromatic heterocycles. The maximum absolute atomic E-state index is 5.79. The van der Waals surface area contributed by atoms with Crippen LogP contribution in [0.1, 0.15) is 0 Å². The number of aromatic nitrogens is 2. The summed E-state index contributed by atoms with van der Waals surface area (Å²) in [5, 5.41) is 3.31. The van der Waals surface area contributed by atoms with E-state index < -0.39 is 0 Å². The Bertz CT molecular complexity index is 518. The highest BCUT2D eigenvalue weighted by Gasteiger charge is 2.07. The van der Waals surface area contributed by atoms with E-state index in [4.69, 9.17) is 17.3 Å². The van der Waals surface area contributed by atoms with E-state index in [9.17, 15) is 0 Å². The second-order valence-corrected chi connectivity index (χ2v) is 4.24. The van der Waals surface area contributed by atoms with Crippen molar-refractivity contribution in [3.63, 3.8) is 0 Å². The summed E-state index contributed by atoms with van der Waals surface area (Å²) in [6.07, 6.45) is 1.36. The van der Waals surface area contributed by atoms with Crippen LogP contribution in [-0.4, -0.2) is 9.97 Å². The van der Waals surface area contributed by atoms with Crippen molar-refractivity contribution in [2.75, 3.05) is 11.1 Å². The monoisotopic (exact) mass is 298 g/mol. The van der Waals surface area contributed by atoms with Crippen LogP contribution in [0, 0.1) is 0 Å². The second kappa shape index (κ2) is 4.67. The highest BCUT2D eigenvalue weighted by atomic mass is 79.9. The Hall–Kier alpha value is -1.33. The summed E-state index contributed by atoms with van der Waals surface area (Å²) in [7, 11) is 0. The molecule has 0 fully saturated rings. The molecule has 0 bridgehead atoms. The van der Waals surface area contributed by atoms with Gasteiger partial charge in [-0.15, -0.1) is 0 Å². The number of nitrogens with zero attached hydrogens (tertiary/aromatic N) is 2. The van der Waals surface area contributed by atoms with E-state index in [0.29, 0.717) is 11.5 Å². The Morgan fingerprint density at radius 2 is 2.00 bits per heavy atom. The molecule has 1 aromatic carbocycles. The summed E-state index contributed by atoms with van der Waals surface area (Å²) >= 11 is 9.21. The highest BCUT2D eigenvalue weighted by Crippen LogP contribution is 2.29. The second-order valence-electron chi connectivity index (χ2n) is 3.03. The first-order valence-corrected chi connectivity index (χ1v) is 5.63. The number of rotatable bonds is 2. The van der Waals surface area contributed by atoms with Crippen molar-refractivity contribution in [1.82, 2.24) is 9.97 Å². The SMILES string of the molecule is Nc1c(Cl)ncnc1Nc1ccccc1Br. The number of para-hydroxylation sites is 1. The number of benzene rings is 1. The van der Waals surface area contributed by atoms with E-state index in [1.54, 1.807) is 0 Å². The fourth-order valence-electron chi connectivity index (χ4n) is 1.16. The molecule has 0 unspecified atom stereocenters. The van der Waals surface area contributed by atoms with E-state index in [0.717, 1.165) is 10.2 Å². The Balaban J connectivity index is 2.35. The topological polar surface area (TPSA) is 63.8 Å². The Morgan fingerprint density at radius 3 is 2.75 bits per heavy atom. The van der Waals surface area contributed by atoms with Crippen LogP contribution in [0.25, 0.3) is 0 Å². The number of nitrogens with two attached hydrogens (primary N) is 1. The van der Waals surface area contributed by atoms with Crippen molar-refractivity contribution in [1.29, 1.82) is 0 Å². The first-order valence-electron chi connectivity index (χ1n) is 4.46. The molecule has 0 spiro atoms. The van der Waals surface area contributed by atoms with Gasteiger partial charge in [0.25, 0.3) is 0 Å². The highest BCUT2D eigenvalue weighted by molar-refractivity contribution is 9.10. The molecule has 1 heterocycles. The third kappa shape index (κ3) is 2.25. The van der Waals surface area contributed by atoms with Gasteiger partial charge < -0.3 is 11.1 Å². The number of hydrogen-bond donors (Lipinski definition) is 2. The van der Waals surface area contributed by atoms with Crippen molar-refractivity contribution >= 4 is 44.7 Å². The molecule has 82 valence electrons. The van der Waals surface area contributed by atoms with Crippen molar-refractivity contribution in [2.45, 2.75) is 0 Å². The molecular formula is C10H8BrClN4. The average Bonchev–Trinajstić information content (AvgIpc) is 2.28. The van der Waals surface area contributed by atoms with Crippen LogP contribution >= 0.6 is 27.5 Å². The Morgan fingerprint density at radius 1 is 1.25 bits per heavy atom. The number of hydrogen-bond acceptors (Lipinski definition) is 4. The van der Waals surface area contributed by atoms with Crippen LogP contribution in [0.5, 0.6) is 0 Å². The van der Waals surface area contributed by atoms with Gasteiger partial charge in [0.2, 0.25) is 0 Å². The smallest absolute Gasteiger partial charge is 0.158 e. The number of halogens is 2. The van der Waals surface area contributed by atoms with Gasteiger partial charge in [-0.2, -0.15) is 0 Å². The van der Waals surface area contributed by atoms with E-state index in [-0.39, 0.29) is 5.15 Å². The van der Waals surface area contributed by atoms with Crippen LogP contribution in [0.3, 0.4) is 0 Å². The zero-order valence-electron chi connectivity index (χ0n) is 8.11. The summed E-state index contributed by atoms with van der Waals surface area (Å²) in [6, 6.07) is 7.65. The molecule has 6 heteroatoms. The van der Waals surface area contributed by atoms with Gasteiger partial charge in [0.15, 0.2) is 11.0 Å². The molecule has 0 saturated carbocycles. The lowest BCUT2D eigenvalue weighted by Crippen LogP contribution is -2.01.